The third kappa shape index (κ3) is 12.5. The summed E-state index contributed by atoms with van der Waals surface area (Å²) in [5.74, 6) is 0. The van der Waals surface area contributed by atoms with Crippen LogP contribution in [0.2, 0.25) is 10.0 Å². The number of anilines is 2. The second-order valence-electron chi connectivity index (χ2n) is 16.0. The zero-order valence-electron chi connectivity index (χ0n) is 34.3. The normalized spacial score (nSPS) is 11.8. The number of rotatable bonds is 7. The highest BCUT2D eigenvalue weighted by molar-refractivity contribution is 14.1. The van der Waals surface area contributed by atoms with Crippen molar-refractivity contribution in [1.82, 2.24) is 30.4 Å². The quantitative estimate of drug-likeness (QED) is 0.114. The molecule has 0 radical (unpaired) electrons. The highest BCUT2D eigenvalue weighted by Gasteiger charge is 2.22. The summed E-state index contributed by atoms with van der Waals surface area (Å²) in [4.78, 5) is 8.70. The molecule has 0 saturated carbocycles. The van der Waals surface area contributed by atoms with E-state index in [1.165, 1.54) is 0 Å². The van der Waals surface area contributed by atoms with Gasteiger partial charge in [0, 0.05) is 37.0 Å². The molecule has 4 heterocycles. The third-order valence-electron chi connectivity index (χ3n) is 9.34. The maximum atomic E-state index is 13.1. The summed E-state index contributed by atoms with van der Waals surface area (Å²) in [6, 6.07) is 31.4. The van der Waals surface area contributed by atoms with Gasteiger partial charge in [-0.15, -0.1) is 0 Å². The van der Waals surface area contributed by atoms with Crippen molar-refractivity contribution in [3.63, 3.8) is 0 Å². The first-order valence-corrected chi connectivity index (χ1v) is 24.8. The van der Waals surface area contributed by atoms with Gasteiger partial charge >= 0.3 is 0 Å². The molecule has 0 aliphatic heterocycles. The first-order chi connectivity index (χ1) is 29.1. The van der Waals surface area contributed by atoms with Crippen molar-refractivity contribution in [2.45, 2.75) is 69.6 Å². The number of hydrogen-bond donors (Lipinski definition) is 4. The number of aromatic nitrogens is 6. The molecule has 8 rings (SSSR count). The van der Waals surface area contributed by atoms with Crippen LogP contribution in [0.4, 0.5) is 11.4 Å². The van der Waals surface area contributed by atoms with Crippen LogP contribution in [0.15, 0.2) is 131 Å². The lowest BCUT2D eigenvalue weighted by Gasteiger charge is -2.19. The van der Waals surface area contributed by atoms with Gasteiger partial charge in [0.2, 0.25) is 0 Å². The van der Waals surface area contributed by atoms with E-state index >= 15 is 0 Å². The van der Waals surface area contributed by atoms with Crippen molar-refractivity contribution in [2.24, 2.45) is 0 Å². The Morgan fingerprint density at radius 3 is 1.51 bits per heavy atom. The van der Waals surface area contributed by atoms with Crippen LogP contribution in [0.3, 0.4) is 0 Å². The van der Waals surface area contributed by atoms with Gasteiger partial charge in [0.15, 0.2) is 11.3 Å². The van der Waals surface area contributed by atoms with Crippen molar-refractivity contribution in [2.75, 3.05) is 9.44 Å². The Hall–Kier alpha value is -4.34. The number of pyridine rings is 2. The summed E-state index contributed by atoms with van der Waals surface area (Å²) in [7, 11) is -7.41. The topological polar surface area (TPSA) is 175 Å². The minimum absolute atomic E-state index is 0. The Bertz CT molecular complexity index is 3080. The molecule has 12 nitrogen and oxygen atoms in total. The number of fused-ring (bicyclic) bond motifs is 2. The first kappa shape index (κ1) is 49.7. The smallest absolute Gasteiger partial charge is 0.261 e. The van der Waals surface area contributed by atoms with E-state index < -0.39 is 20.0 Å². The Balaban J connectivity index is 0.000000197. The standard InChI is InChI=1S/C22H21ClN4O2S.C16H17ClINO2S.C6H4IN3.CH4/c1-22(2,3)14-6-9-16(10-7-14)30(28,29)27-19-11-8-15(23)13-18(19)20-17-5-4-12-24-21(17)26-25-20;1-16(2,3)11-4-7-13(8-5-11)22(20,21)19-15-9-6-12(17)10-14(15)18;7-5-4-2-1-3-8-6(4)10-9-5;/h4-13,27H,1-3H3,(H,24,25,26);4-10,19H,1-3H3;1-3H,(H,8,9,10);1H4. The fourth-order valence-corrected chi connectivity index (χ4v) is 10.00. The van der Waals surface area contributed by atoms with E-state index in [1.54, 1.807) is 79.1 Å². The van der Waals surface area contributed by atoms with Crippen LogP contribution in [0.1, 0.15) is 60.1 Å². The summed E-state index contributed by atoms with van der Waals surface area (Å²) in [5.41, 5.74) is 5.55. The van der Waals surface area contributed by atoms with Crippen LogP contribution in [-0.2, 0) is 30.9 Å². The van der Waals surface area contributed by atoms with Crippen molar-refractivity contribution in [3.05, 3.63) is 150 Å². The molecule has 4 aromatic heterocycles. The van der Waals surface area contributed by atoms with Gasteiger partial charge in [-0.2, -0.15) is 10.2 Å². The van der Waals surface area contributed by atoms with E-state index in [-0.39, 0.29) is 28.0 Å². The van der Waals surface area contributed by atoms with Gasteiger partial charge in [0.25, 0.3) is 20.0 Å². The molecular formula is C45H46Cl2I2N8O4S2. The van der Waals surface area contributed by atoms with Crippen molar-refractivity contribution in [3.8, 4) is 11.3 Å². The van der Waals surface area contributed by atoms with Crippen molar-refractivity contribution in [1.29, 1.82) is 0 Å². The summed E-state index contributed by atoms with van der Waals surface area (Å²) >= 11 is 16.3. The number of nitrogens with zero attached hydrogens (tertiary/aromatic N) is 4. The number of aromatic amines is 2. The highest BCUT2D eigenvalue weighted by Crippen LogP contribution is 2.35. The molecule has 0 atom stereocenters. The van der Waals surface area contributed by atoms with Crippen LogP contribution in [-0.4, -0.2) is 47.2 Å². The van der Waals surface area contributed by atoms with Crippen molar-refractivity contribution < 1.29 is 16.8 Å². The van der Waals surface area contributed by atoms with Crippen LogP contribution in [0.5, 0.6) is 0 Å². The number of benzene rings is 4. The van der Waals surface area contributed by atoms with E-state index in [9.17, 15) is 16.8 Å². The molecule has 0 saturated heterocycles. The third-order valence-corrected chi connectivity index (χ3v) is 14.3. The molecule has 0 aliphatic rings. The SMILES string of the molecule is C.CC(C)(C)c1ccc(S(=O)(=O)Nc2ccc(Cl)cc2-c2[nH]nc3ncccc23)cc1.CC(C)(C)c1ccc(S(=O)(=O)Nc2ccc(Cl)cc2I)cc1.Ic1[nH]nc2ncccc12. The van der Waals surface area contributed by atoms with E-state index in [4.69, 9.17) is 23.2 Å². The number of H-pyrrole nitrogens is 2. The molecule has 8 aromatic rings. The Kier molecular flexibility index (Phi) is 15.9. The zero-order valence-corrected chi connectivity index (χ0v) is 41.8. The highest BCUT2D eigenvalue weighted by atomic mass is 127. The van der Waals surface area contributed by atoms with Crippen LogP contribution in [0, 0.1) is 7.27 Å². The van der Waals surface area contributed by atoms with Gasteiger partial charge in [-0.1, -0.05) is 96.4 Å². The van der Waals surface area contributed by atoms with Gasteiger partial charge in [0.1, 0.15) is 3.70 Å². The predicted octanol–water partition coefficient (Wildman–Crippen LogP) is 12.6. The lowest BCUT2D eigenvalue weighted by molar-refractivity contribution is 0.587. The maximum Gasteiger partial charge on any atom is 0.261 e. The fourth-order valence-electron chi connectivity index (χ4n) is 5.94. The number of halogens is 4. The van der Waals surface area contributed by atoms with E-state index in [1.807, 2.05) is 65.1 Å². The summed E-state index contributed by atoms with van der Waals surface area (Å²) < 4.78 is 58.1. The molecule has 0 spiro atoms. The average Bonchev–Trinajstić information content (AvgIpc) is 3.83. The minimum atomic E-state index is -3.80. The Morgan fingerprint density at radius 2 is 1.02 bits per heavy atom. The first-order valence-electron chi connectivity index (χ1n) is 18.9. The predicted molar refractivity (Wildman–Crippen MR) is 274 cm³/mol. The zero-order chi connectivity index (χ0) is 45.0. The molecule has 4 aromatic carbocycles. The second kappa shape index (κ2) is 20.2. The molecule has 63 heavy (non-hydrogen) atoms. The van der Waals surface area contributed by atoms with Crippen LogP contribution < -0.4 is 9.44 Å². The molecule has 0 amide bonds. The Morgan fingerprint density at radius 1 is 0.571 bits per heavy atom. The molecular weight excluding hydrogens is 1110 g/mol. The lowest BCUT2D eigenvalue weighted by atomic mass is 9.87. The second-order valence-corrected chi connectivity index (χ2v) is 22.4. The fraction of sp³-hybridized carbons (Fsp3) is 0.200. The number of sulfonamides is 2. The van der Waals surface area contributed by atoms with E-state index in [2.05, 4.69) is 104 Å². The molecule has 0 unspecified atom stereocenters. The van der Waals surface area contributed by atoms with Crippen LogP contribution in [0.25, 0.3) is 33.3 Å². The average molecular weight is 1150 g/mol. The summed E-state index contributed by atoms with van der Waals surface area (Å²) in [6.07, 6.45) is 3.38. The molecule has 0 bridgehead atoms. The Labute approximate surface area is 405 Å². The van der Waals surface area contributed by atoms with Gasteiger partial charge in [-0.05, 0) is 152 Å². The summed E-state index contributed by atoms with van der Waals surface area (Å²) in [6.45, 7) is 12.5. The maximum absolute atomic E-state index is 13.1. The molecule has 330 valence electrons. The molecule has 4 N–H and O–H groups in total. The minimum Gasteiger partial charge on any atom is -0.279 e. The molecule has 0 aliphatic carbocycles. The summed E-state index contributed by atoms with van der Waals surface area (Å²) in [5, 5.41) is 16.9. The number of nitrogens with one attached hydrogen (secondary N) is 4. The monoisotopic (exact) mass is 1150 g/mol. The van der Waals surface area contributed by atoms with E-state index in [0.717, 1.165) is 34.8 Å². The number of hydrogen-bond acceptors (Lipinski definition) is 8. The van der Waals surface area contributed by atoms with Gasteiger partial charge < -0.3 is 0 Å². The van der Waals surface area contributed by atoms with Gasteiger partial charge in [-0.3, -0.25) is 19.6 Å². The van der Waals surface area contributed by atoms with Gasteiger partial charge in [-0.25, -0.2) is 26.8 Å². The van der Waals surface area contributed by atoms with E-state index in [0.29, 0.717) is 38.3 Å². The largest absolute Gasteiger partial charge is 0.279 e. The molecule has 0 fully saturated rings. The van der Waals surface area contributed by atoms with Crippen LogP contribution >= 0.6 is 68.4 Å². The molecule has 18 heteroatoms. The van der Waals surface area contributed by atoms with Gasteiger partial charge in [0.05, 0.1) is 32.2 Å². The lowest BCUT2D eigenvalue weighted by Crippen LogP contribution is -2.15. The van der Waals surface area contributed by atoms with Crippen molar-refractivity contribution >= 4 is 122 Å².